The highest BCUT2D eigenvalue weighted by molar-refractivity contribution is 8.00. The summed E-state index contributed by atoms with van der Waals surface area (Å²) < 4.78 is 18.8. The van der Waals surface area contributed by atoms with Crippen molar-refractivity contribution in [1.29, 1.82) is 0 Å². The molecule has 1 aromatic heterocycles. The maximum absolute atomic E-state index is 13.1. The topological polar surface area (TPSA) is 68.0 Å². The van der Waals surface area contributed by atoms with Gasteiger partial charge in [0.1, 0.15) is 5.82 Å². The van der Waals surface area contributed by atoms with Crippen molar-refractivity contribution in [2.24, 2.45) is 0 Å². The minimum absolute atomic E-state index is 0.135. The average Bonchev–Trinajstić information content (AvgIpc) is 3.05. The number of hydrogen-bond donors (Lipinski definition) is 1. The van der Waals surface area contributed by atoms with E-state index in [2.05, 4.69) is 21.6 Å². The lowest BCUT2D eigenvalue weighted by atomic mass is 10.1. The fourth-order valence-electron chi connectivity index (χ4n) is 2.50. The highest BCUT2D eigenvalue weighted by Crippen LogP contribution is 2.29. The third-order valence-corrected chi connectivity index (χ3v) is 4.96. The predicted octanol–water partition coefficient (Wildman–Crippen LogP) is 5.27. The van der Waals surface area contributed by atoms with E-state index < -0.39 is 11.1 Å². The molecular weight excluding hydrogens is 389 g/mol. The van der Waals surface area contributed by atoms with Gasteiger partial charge >= 0.3 is 0 Å². The minimum atomic E-state index is -0.515. The second-order valence-corrected chi connectivity index (χ2v) is 7.82. The van der Waals surface area contributed by atoms with Gasteiger partial charge in [-0.1, -0.05) is 40.6 Å². The highest BCUT2D eigenvalue weighted by Gasteiger charge is 2.20. The minimum Gasteiger partial charge on any atom is -0.411 e. The number of hydrogen-bond acceptors (Lipinski definition) is 5. The molecule has 0 unspecified atom stereocenters. The number of halogens is 2. The van der Waals surface area contributed by atoms with Crippen LogP contribution in [-0.4, -0.2) is 21.4 Å². The van der Waals surface area contributed by atoms with Crippen molar-refractivity contribution >= 4 is 35.0 Å². The molecule has 0 spiro atoms. The fraction of sp³-hybridized carbons (Fsp3) is 0.211. The van der Waals surface area contributed by atoms with Gasteiger partial charge in [0, 0.05) is 5.56 Å². The molecule has 8 heteroatoms. The zero-order chi connectivity index (χ0) is 19.6. The van der Waals surface area contributed by atoms with E-state index in [4.69, 9.17) is 16.0 Å². The van der Waals surface area contributed by atoms with E-state index in [1.165, 1.54) is 12.1 Å². The maximum atomic E-state index is 13.1. The Bertz CT molecular complexity index is 973. The first-order chi connectivity index (χ1) is 12.8. The van der Waals surface area contributed by atoms with Crippen LogP contribution < -0.4 is 5.32 Å². The number of rotatable bonds is 5. The van der Waals surface area contributed by atoms with Crippen LogP contribution in [0.2, 0.25) is 5.02 Å². The lowest BCUT2D eigenvalue weighted by molar-refractivity contribution is -0.115. The van der Waals surface area contributed by atoms with Crippen molar-refractivity contribution in [3.05, 3.63) is 58.4 Å². The third-order valence-electron chi connectivity index (χ3n) is 3.71. The summed E-state index contributed by atoms with van der Waals surface area (Å²) in [7, 11) is 0. The number of amides is 1. The van der Waals surface area contributed by atoms with Gasteiger partial charge in [-0.3, -0.25) is 4.79 Å². The Morgan fingerprint density at radius 3 is 2.56 bits per heavy atom. The smallest absolute Gasteiger partial charge is 0.277 e. The van der Waals surface area contributed by atoms with Gasteiger partial charge in [0.2, 0.25) is 11.8 Å². The second-order valence-electron chi connectivity index (χ2n) is 6.12. The zero-order valence-corrected chi connectivity index (χ0v) is 16.5. The van der Waals surface area contributed by atoms with E-state index in [9.17, 15) is 9.18 Å². The molecule has 0 saturated carbocycles. The summed E-state index contributed by atoms with van der Waals surface area (Å²) in [6.07, 6.45) is 0. The van der Waals surface area contributed by atoms with Crippen molar-refractivity contribution in [3.8, 4) is 11.5 Å². The number of thioether (sulfide) groups is 1. The summed E-state index contributed by atoms with van der Waals surface area (Å²) in [5.74, 6) is -0.372. The molecule has 140 valence electrons. The molecule has 0 radical (unpaired) electrons. The first kappa shape index (κ1) is 19.4. The van der Waals surface area contributed by atoms with E-state index in [-0.39, 0.29) is 16.2 Å². The van der Waals surface area contributed by atoms with Gasteiger partial charge in [0.05, 0.1) is 16.0 Å². The molecule has 0 bridgehead atoms. The Morgan fingerprint density at radius 2 is 1.89 bits per heavy atom. The van der Waals surface area contributed by atoms with Crippen LogP contribution in [0.1, 0.15) is 18.1 Å². The molecule has 1 N–H and O–H groups in total. The number of nitrogens with zero attached hydrogens (tertiary/aromatic N) is 2. The van der Waals surface area contributed by atoms with Gasteiger partial charge in [-0.05, 0) is 51.1 Å². The van der Waals surface area contributed by atoms with Crippen LogP contribution >= 0.6 is 23.4 Å². The molecule has 1 amide bonds. The van der Waals surface area contributed by atoms with Gasteiger partial charge in [-0.2, -0.15) is 0 Å². The Kier molecular flexibility index (Phi) is 5.82. The van der Waals surface area contributed by atoms with Crippen molar-refractivity contribution in [1.82, 2.24) is 10.2 Å². The van der Waals surface area contributed by atoms with Crippen LogP contribution in [0.15, 0.2) is 46.0 Å². The average molecular weight is 406 g/mol. The molecule has 3 aromatic rings. The molecule has 1 atom stereocenters. The highest BCUT2D eigenvalue weighted by atomic mass is 35.5. The molecule has 0 saturated heterocycles. The number of nitrogens with one attached hydrogen (secondary N) is 1. The van der Waals surface area contributed by atoms with Crippen LogP contribution in [0.25, 0.3) is 11.5 Å². The molecule has 27 heavy (non-hydrogen) atoms. The summed E-state index contributed by atoms with van der Waals surface area (Å²) in [6, 6.07) is 9.76. The second kappa shape index (κ2) is 8.10. The van der Waals surface area contributed by atoms with Crippen LogP contribution in [-0.2, 0) is 4.79 Å². The molecule has 0 aliphatic carbocycles. The monoisotopic (exact) mass is 405 g/mol. The quantitative estimate of drug-likeness (QED) is 0.586. The number of aryl methyl sites for hydroxylation is 2. The van der Waals surface area contributed by atoms with E-state index >= 15 is 0 Å². The Hall–Kier alpha value is -2.38. The van der Waals surface area contributed by atoms with Gasteiger partial charge in [-0.25, -0.2) is 4.39 Å². The van der Waals surface area contributed by atoms with Crippen LogP contribution in [0.5, 0.6) is 0 Å². The molecular formula is C19H17ClFN3O2S. The summed E-state index contributed by atoms with van der Waals surface area (Å²) in [5.41, 5.74) is 3.38. The standard InChI is InChI=1S/C19H17ClFN3O2S/c1-10-6-11(2)8-13(7-10)18-23-24-19(26-18)27-12(3)17(25)22-16-5-4-14(21)9-15(16)20/h4-9,12H,1-3H3,(H,22,25)/t12-/m1/s1. The molecule has 3 rings (SSSR count). The first-order valence-corrected chi connectivity index (χ1v) is 9.42. The lowest BCUT2D eigenvalue weighted by Crippen LogP contribution is -2.22. The first-order valence-electron chi connectivity index (χ1n) is 8.16. The van der Waals surface area contributed by atoms with Crippen molar-refractivity contribution in [3.63, 3.8) is 0 Å². The number of anilines is 1. The zero-order valence-electron chi connectivity index (χ0n) is 14.9. The Balaban J connectivity index is 1.68. The third kappa shape index (κ3) is 4.87. The van der Waals surface area contributed by atoms with Gasteiger partial charge in [-0.15, -0.1) is 10.2 Å². The van der Waals surface area contributed by atoms with E-state index in [1.54, 1.807) is 6.92 Å². The Labute approximate surface area is 165 Å². The van der Waals surface area contributed by atoms with E-state index in [1.807, 2.05) is 26.0 Å². The van der Waals surface area contributed by atoms with E-state index in [0.29, 0.717) is 11.6 Å². The summed E-state index contributed by atoms with van der Waals surface area (Å²) >= 11 is 7.07. The van der Waals surface area contributed by atoms with Crippen LogP contribution in [0, 0.1) is 19.7 Å². The molecule has 2 aromatic carbocycles. The summed E-state index contributed by atoms with van der Waals surface area (Å²) in [4.78, 5) is 12.3. The molecule has 0 fully saturated rings. The number of aromatic nitrogens is 2. The lowest BCUT2D eigenvalue weighted by Gasteiger charge is -2.11. The number of carbonyl (C=O) groups is 1. The number of carbonyl (C=O) groups excluding carboxylic acids is 1. The molecule has 5 nitrogen and oxygen atoms in total. The summed E-state index contributed by atoms with van der Waals surface area (Å²) in [6.45, 7) is 5.70. The predicted molar refractivity (Wildman–Crippen MR) is 105 cm³/mol. The van der Waals surface area contributed by atoms with Crippen LogP contribution in [0.4, 0.5) is 10.1 Å². The fourth-order valence-corrected chi connectivity index (χ4v) is 3.40. The van der Waals surface area contributed by atoms with Gasteiger partial charge in [0.15, 0.2) is 0 Å². The van der Waals surface area contributed by atoms with Crippen molar-refractivity contribution in [2.45, 2.75) is 31.2 Å². The largest absolute Gasteiger partial charge is 0.411 e. The van der Waals surface area contributed by atoms with Gasteiger partial charge < -0.3 is 9.73 Å². The SMILES string of the molecule is Cc1cc(C)cc(-c2nnc(S[C@H](C)C(=O)Nc3ccc(F)cc3Cl)o2)c1. The number of benzene rings is 2. The summed E-state index contributed by atoms with van der Waals surface area (Å²) in [5, 5.41) is 10.6. The Morgan fingerprint density at radius 1 is 1.19 bits per heavy atom. The molecule has 0 aliphatic heterocycles. The van der Waals surface area contributed by atoms with Crippen molar-refractivity contribution < 1.29 is 13.6 Å². The van der Waals surface area contributed by atoms with Crippen LogP contribution in [0.3, 0.4) is 0 Å². The van der Waals surface area contributed by atoms with Crippen molar-refractivity contribution in [2.75, 3.05) is 5.32 Å². The normalized spacial score (nSPS) is 12.0. The maximum Gasteiger partial charge on any atom is 0.277 e. The van der Waals surface area contributed by atoms with Gasteiger partial charge in [0.25, 0.3) is 5.22 Å². The van der Waals surface area contributed by atoms with E-state index in [0.717, 1.165) is 34.5 Å². The molecule has 1 heterocycles. The molecule has 0 aliphatic rings.